The molecule has 0 radical (unpaired) electrons. The predicted molar refractivity (Wildman–Crippen MR) is 68.5 cm³/mol. The topological polar surface area (TPSA) is 29.3 Å². The van der Waals surface area contributed by atoms with E-state index in [1.807, 2.05) is 0 Å². The van der Waals surface area contributed by atoms with Crippen LogP contribution in [0.4, 0.5) is 5.69 Å². The van der Waals surface area contributed by atoms with Crippen LogP contribution >= 0.6 is 12.2 Å². The maximum Gasteiger partial charge on any atom is 0.0771 e. The summed E-state index contributed by atoms with van der Waals surface area (Å²) < 4.78 is 0. The fraction of sp³-hybridized carbons (Fsp3) is 0.417. The van der Waals surface area contributed by atoms with E-state index in [4.69, 9.17) is 18.0 Å². The van der Waals surface area contributed by atoms with Crippen molar-refractivity contribution >= 4 is 22.9 Å². The minimum absolute atomic E-state index is 0.570. The molecular weight excluding hydrogens is 204 g/mol. The van der Waals surface area contributed by atoms with Gasteiger partial charge in [-0.1, -0.05) is 24.4 Å². The molecular formula is C12H16N2S. The average molecular weight is 220 g/mol. The molecule has 0 unspecified atom stereocenters. The summed E-state index contributed by atoms with van der Waals surface area (Å²) in [6.45, 7) is 4.42. The van der Waals surface area contributed by atoms with Crippen LogP contribution in [0, 0.1) is 0 Å². The first-order valence-corrected chi connectivity index (χ1v) is 5.76. The molecule has 2 N–H and O–H groups in total. The Kier molecular flexibility index (Phi) is 2.91. The first kappa shape index (κ1) is 10.4. The van der Waals surface area contributed by atoms with Crippen molar-refractivity contribution in [1.29, 1.82) is 0 Å². The molecule has 1 heterocycles. The molecule has 0 amide bonds. The van der Waals surface area contributed by atoms with Gasteiger partial charge in [-0.2, -0.15) is 0 Å². The predicted octanol–water partition coefficient (Wildman–Crippen LogP) is 1.90. The van der Waals surface area contributed by atoms with Gasteiger partial charge in [-0.25, -0.2) is 0 Å². The van der Waals surface area contributed by atoms with Gasteiger partial charge in [0.2, 0.25) is 0 Å². The van der Waals surface area contributed by atoms with Crippen LogP contribution < -0.4 is 10.6 Å². The summed E-state index contributed by atoms with van der Waals surface area (Å²) in [5.41, 5.74) is 9.59. The molecule has 1 aliphatic rings. The molecule has 0 aromatic heterocycles. The summed E-state index contributed by atoms with van der Waals surface area (Å²) in [5, 5.41) is 0. The average Bonchev–Trinajstić information content (AvgIpc) is 2.58. The highest BCUT2D eigenvalue weighted by molar-refractivity contribution is 7.80. The van der Waals surface area contributed by atoms with E-state index >= 15 is 0 Å². The number of thiocarbonyl (C=S) groups is 1. The smallest absolute Gasteiger partial charge is 0.0771 e. The lowest BCUT2D eigenvalue weighted by atomic mass is 10.1. The molecule has 0 saturated heterocycles. The van der Waals surface area contributed by atoms with Gasteiger partial charge in [-0.05, 0) is 30.5 Å². The number of anilines is 1. The van der Waals surface area contributed by atoms with Crippen LogP contribution in [0.15, 0.2) is 18.2 Å². The largest absolute Gasteiger partial charge is 0.393 e. The van der Waals surface area contributed by atoms with Gasteiger partial charge in [-0.3, -0.25) is 0 Å². The Morgan fingerprint density at radius 1 is 1.53 bits per heavy atom. The number of benzene rings is 1. The summed E-state index contributed by atoms with van der Waals surface area (Å²) in [6, 6.07) is 6.57. The molecule has 1 aliphatic heterocycles. The van der Waals surface area contributed by atoms with E-state index in [2.05, 4.69) is 30.0 Å². The number of hydrogen-bond acceptors (Lipinski definition) is 2. The first-order valence-electron chi connectivity index (χ1n) is 5.35. The van der Waals surface area contributed by atoms with Gasteiger partial charge >= 0.3 is 0 Å². The number of fused-ring (bicyclic) bond motifs is 1. The van der Waals surface area contributed by atoms with Crippen molar-refractivity contribution in [2.45, 2.75) is 19.8 Å². The second-order valence-electron chi connectivity index (χ2n) is 3.94. The van der Waals surface area contributed by atoms with E-state index in [9.17, 15) is 0 Å². The normalized spacial score (nSPS) is 14.1. The van der Waals surface area contributed by atoms with Crippen molar-refractivity contribution in [1.82, 2.24) is 0 Å². The molecule has 1 aromatic carbocycles. The van der Waals surface area contributed by atoms with Crippen molar-refractivity contribution in [2.75, 3.05) is 18.0 Å². The quantitative estimate of drug-likeness (QED) is 0.789. The van der Waals surface area contributed by atoms with E-state index in [1.165, 1.54) is 16.8 Å². The van der Waals surface area contributed by atoms with Gasteiger partial charge in [0.05, 0.1) is 4.99 Å². The highest BCUT2D eigenvalue weighted by atomic mass is 32.1. The molecule has 0 fully saturated rings. The lowest BCUT2D eigenvalue weighted by molar-refractivity contribution is 0.868. The van der Waals surface area contributed by atoms with Gasteiger partial charge in [0.15, 0.2) is 0 Å². The van der Waals surface area contributed by atoms with Crippen molar-refractivity contribution in [2.24, 2.45) is 5.73 Å². The highest BCUT2D eigenvalue weighted by Gasteiger charge is 2.17. The fourth-order valence-corrected chi connectivity index (χ4v) is 2.33. The minimum atomic E-state index is 0.570. The zero-order valence-electron chi connectivity index (χ0n) is 8.99. The molecule has 0 saturated carbocycles. The van der Waals surface area contributed by atoms with Crippen molar-refractivity contribution in [3.05, 3.63) is 29.3 Å². The van der Waals surface area contributed by atoms with Crippen LogP contribution in [0.1, 0.15) is 18.1 Å². The van der Waals surface area contributed by atoms with Gasteiger partial charge in [0, 0.05) is 25.2 Å². The summed E-state index contributed by atoms with van der Waals surface area (Å²) >= 11 is 4.92. The molecule has 15 heavy (non-hydrogen) atoms. The molecule has 80 valence electrons. The van der Waals surface area contributed by atoms with Crippen LogP contribution in [-0.4, -0.2) is 18.1 Å². The third kappa shape index (κ3) is 2.12. The Balaban J connectivity index is 2.25. The van der Waals surface area contributed by atoms with Gasteiger partial charge in [0.1, 0.15) is 0 Å². The lowest BCUT2D eigenvalue weighted by Crippen LogP contribution is -2.19. The summed E-state index contributed by atoms with van der Waals surface area (Å²) in [6.07, 6.45) is 1.86. The number of hydrogen-bond donors (Lipinski definition) is 1. The molecule has 2 nitrogen and oxygen atoms in total. The second kappa shape index (κ2) is 4.19. The molecule has 0 atom stereocenters. The Bertz CT molecular complexity index is 387. The standard InChI is InChI=1S/C12H16N2S/c1-2-14-6-5-10-7-9(8-12(13)15)3-4-11(10)14/h3-4,7H,2,5-6,8H2,1H3,(H2,13,15). The molecule has 3 heteroatoms. The van der Waals surface area contributed by atoms with Crippen LogP contribution in [0.2, 0.25) is 0 Å². The molecule has 1 aromatic rings. The Labute approximate surface area is 96.1 Å². The van der Waals surface area contributed by atoms with Crippen LogP contribution in [0.25, 0.3) is 0 Å². The molecule has 0 spiro atoms. The molecule has 0 aliphatic carbocycles. The van der Waals surface area contributed by atoms with E-state index in [1.54, 1.807) is 0 Å². The Hall–Kier alpha value is -1.09. The zero-order valence-corrected chi connectivity index (χ0v) is 9.81. The van der Waals surface area contributed by atoms with Gasteiger partial charge in [0.25, 0.3) is 0 Å². The van der Waals surface area contributed by atoms with Gasteiger partial charge in [-0.15, -0.1) is 0 Å². The van der Waals surface area contributed by atoms with Crippen molar-refractivity contribution < 1.29 is 0 Å². The van der Waals surface area contributed by atoms with Crippen molar-refractivity contribution in [3.8, 4) is 0 Å². The zero-order chi connectivity index (χ0) is 10.8. The van der Waals surface area contributed by atoms with E-state index in [0.717, 1.165) is 25.9 Å². The van der Waals surface area contributed by atoms with E-state index < -0.39 is 0 Å². The maximum absolute atomic E-state index is 5.54. The third-order valence-electron chi connectivity index (χ3n) is 2.90. The molecule has 2 rings (SSSR count). The third-order valence-corrected chi connectivity index (χ3v) is 3.04. The summed E-state index contributed by atoms with van der Waals surface area (Å²) in [4.78, 5) is 2.97. The number of rotatable bonds is 3. The number of nitrogens with two attached hydrogens (primary N) is 1. The van der Waals surface area contributed by atoms with Crippen molar-refractivity contribution in [3.63, 3.8) is 0 Å². The van der Waals surface area contributed by atoms with Gasteiger partial charge < -0.3 is 10.6 Å². The van der Waals surface area contributed by atoms with Crippen LogP contribution in [0.3, 0.4) is 0 Å². The lowest BCUT2D eigenvalue weighted by Gasteiger charge is -2.16. The summed E-state index contributed by atoms with van der Waals surface area (Å²) in [5.74, 6) is 0. The second-order valence-corrected chi connectivity index (χ2v) is 4.46. The monoisotopic (exact) mass is 220 g/mol. The number of likely N-dealkylation sites (N-methyl/N-ethyl adjacent to an activating group) is 1. The van der Waals surface area contributed by atoms with E-state index in [-0.39, 0.29) is 0 Å². The fourth-order valence-electron chi connectivity index (χ4n) is 2.16. The van der Waals surface area contributed by atoms with Crippen LogP contribution in [-0.2, 0) is 12.8 Å². The first-order chi connectivity index (χ1) is 7.20. The Morgan fingerprint density at radius 2 is 2.33 bits per heavy atom. The SMILES string of the molecule is CCN1CCc2cc(CC(N)=S)ccc21. The number of nitrogens with zero attached hydrogens (tertiary/aromatic N) is 1. The van der Waals surface area contributed by atoms with E-state index in [0.29, 0.717) is 4.99 Å². The highest BCUT2D eigenvalue weighted by Crippen LogP contribution is 2.28. The Morgan fingerprint density at radius 3 is 3.00 bits per heavy atom. The van der Waals surface area contributed by atoms with Crippen LogP contribution in [0.5, 0.6) is 0 Å². The molecule has 0 bridgehead atoms. The summed E-state index contributed by atoms with van der Waals surface area (Å²) in [7, 11) is 0. The maximum atomic E-state index is 5.54. The minimum Gasteiger partial charge on any atom is -0.393 e.